The van der Waals surface area contributed by atoms with Gasteiger partial charge in [-0.15, -0.1) is 0 Å². The van der Waals surface area contributed by atoms with Crippen LogP contribution in [0.25, 0.3) is 10.9 Å². The van der Waals surface area contributed by atoms with Gasteiger partial charge in [0.25, 0.3) is 0 Å². The number of aliphatic hydroxyl groups is 1. The van der Waals surface area contributed by atoms with Crippen molar-refractivity contribution in [1.29, 1.82) is 0 Å². The Bertz CT molecular complexity index is 1090. The van der Waals surface area contributed by atoms with E-state index >= 15 is 0 Å². The largest absolute Gasteiger partial charge is 0.384 e. The average Bonchev–Trinajstić information content (AvgIpc) is 3.16. The molecule has 2 aromatic carbocycles. The molecule has 3 nitrogen and oxygen atoms in total. The average molecular weight is 399 g/mol. The lowest BCUT2D eigenvalue weighted by Crippen LogP contribution is -2.31. The van der Waals surface area contributed by atoms with E-state index in [0.29, 0.717) is 18.0 Å². The molecule has 3 unspecified atom stereocenters. The first-order valence-corrected chi connectivity index (χ1v) is 10.2. The van der Waals surface area contributed by atoms with E-state index in [2.05, 4.69) is 34.6 Å². The van der Waals surface area contributed by atoms with Crippen molar-refractivity contribution >= 4 is 22.5 Å². The van der Waals surface area contributed by atoms with Crippen molar-refractivity contribution in [1.82, 2.24) is 9.47 Å². The topological polar surface area (TPSA) is 28.4 Å². The van der Waals surface area contributed by atoms with Crippen molar-refractivity contribution in [2.45, 2.75) is 44.9 Å². The molecular weight excluding hydrogens is 375 g/mol. The highest BCUT2D eigenvalue weighted by atomic mass is 35.5. The molecule has 1 saturated heterocycles. The van der Waals surface area contributed by atoms with Crippen LogP contribution in [0.2, 0.25) is 5.02 Å². The lowest BCUT2D eigenvalue weighted by molar-refractivity contribution is 0.0380. The molecule has 146 valence electrons. The maximum Gasteiger partial charge on any atom is 0.141 e. The van der Waals surface area contributed by atoms with Gasteiger partial charge in [-0.3, -0.25) is 4.90 Å². The second kappa shape index (κ2) is 6.31. The van der Waals surface area contributed by atoms with Crippen LogP contribution in [-0.4, -0.2) is 27.7 Å². The van der Waals surface area contributed by atoms with Crippen LogP contribution in [0.3, 0.4) is 0 Å². The third-order valence-corrected chi connectivity index (χ3v) is 6.72. The van der Waals surface area contributed by atoms with Gasteiger partial charge in [0.1, 0.15) is 11.4 Å². The van der Waals surface area contributed by atoms with E-state index in [-0.39, 0.29) is 5.02 Å². The Morgan fingerprint density at radius 3 is 2.86 bits per heavy atom. The van der Waals surface area contributed by atoms with Crippen LogP contribution in [0, 0.1) is 12.7 Å². The maximum atomic E-state index is 13.6. The van der Waals surface area contributed by atoms with Gasteiger partial charge >= 0.3 is 0 Å². The van der Waals surface area contributed by atoms with Gasteiger partial charge in [0.2, 0.25) is 0 Å². The fourth-order valence-electron chi connectivity index (χ4n) is 5.01. The molecule has 0 radical (unpaired) electrons. The second-order valence-corrected chi connectivity index (χ2v) is 9.00. The zero-order chi connectivity index (χ0) is 19.6. The van der Waals surface area contributed by atoms with E-state index in [1.54, 1.807) is 13.0 Å². The van der Waals surface area contributed by atoms with Gasteiger partial charge in [0.15, 0.2) is 0 Å². The predicted molar refractivity (Wildman–Crippen MR) is 110 cm³/mol. The molecule has 2 bridgehead atoms. The minimum absolute atomic E-state index is 0.0388. The summed E-state index contributed by atoms with van der Waals surface area (Å²) < 4.78 is 15.9. The molecule has 0 spiro atoms. The summed E-state index contributed by atoms with van der Waals surface area (Å²) in [5, 5.41) is 12.7. The summed E-state index contributed by atoms with van der Waals surface area (Å²) in [6, 6.07) is 11.1. The molecule has 3 aromatic rings. The van der Waals surface area contributed by atoms with E-state index < -0.39 is 11.4 Å². The number of benzene rings is 2. The summed E-state index contributed by atoms with van der Waals surface area (Å²) >= 11 is 5.98. The number of fused-ring (bicyclic) bond motifs is 6. The van der Waals surface area contributed by atoms with E-state index in [1.807, 2.05) is 0 Å². The molecule has 0 aliphatic carbocycles. The van der Waals surface area contributed by atoms with E-state index in [9.17, 15) is 9.50 Å². The van der Waals surface area contributed by atoms with Gasteiger partial charge in [-0.1, -0.05) is 29.3 Å². The Balaban J connectivity index is 1.65. The second-order valence-electron chi connectivity index (χ2n) is 8.59. The molecule has 1 N–H and O–H groups in total. The van der Waals surface area contributed by atoms with Crippen LogP contribution in [0.4, 0.5) is 4.39 Å². The number of aromatic nitrogens is 1. The number of hydrogen-bond acceptors (Lipinski definition) is 2. The Morgan fingerprint density at radius 1 is 1.25 bits per heavy atom. The first-order valence-electron chi connectivity index (χ1n) is 9.85. The van der Waals surface area contributed by atoms with Gasteiger partial charge < -0.3 is 9.67 Å². The van der Waals surface area contributed by atoms with Crippen LogP contribution >= 0.6 is 11.6 Å². The first kappa shape index (κ1) is 18.2. The molecule has 0 amide bonds. The normalized spacial score (nSPS) is 23.0. The monoisotopic (exact) mass is 398 g/mol. The summed E-state index contributed by atoms with van der Waals surface area (Å²) in [4.78, 5) is 2.50. The van der Waals surface area contributed by atoms with Crippen molar-refractivity contribution in [3.8, 4) is 0 Å². The fraction of sp³-hybridized carbons (Fsp3) is 0.391. The van der Waals surface area contributed by atoms with Gasteiger partial charge in [0, 0.05) is 35.6 Å². The van der Waals surface area contributed by atoms with Crippen LogP contribution in [0.5, 0.6) is 0 Å². The number of nitrogens with zero attached hydrogens (tertiary/aromatic N) is 2. The third kappa shape index (κ3) is 2.78. The van der Waals surface area contributed by atoms with Gasteiger partial charge in [-0.05, 0) is 62.2 Å². The van der Waals surface area contributed by atoms with Crippen molar-refractivity contribution in [2.75, 3.05) is 13.1 Å². The summed E-state index contributed by atoms with van der Waals surface area (Å²) in [5.74, 6) is 0.101. The Morgan fingerprint density at radius 2 is 2.07 bits per heavy atom. The predicted octanol–water partition coefficient (Wildman–Crippen LogP) is 4.95. The molecule has 5 rings (SSSR count). The third-order valence-electron chi connectivity index (χ3n) is 6.43. The van der Waals surface area contributed by atoms with E-state index in [0.717, 1.165) is 25.2 Å². The number of hydrogen-bond donors (Lipinski definition) is 1. The molecule has 2 aliphatic heterocycles. The highest BCUT2D eigenvalue weighted by Gasteiger charge is 2.37. The van der Waals surface area contributed by atoms with Gasteiger partial charge in [-0.2, -0.15) is 0 Å². The number of aryl methyl sites for hydroxylation is 1. The molecule has 0 saturated carbocycles. The van der Waals surface area contributed by atoms with Gasteiger partial charge in [-0.25, -0.2) is 4.39 Å². The molecule has 3 atom stereocenters. The minimum Gasteiger partial charge on any atom is -0.384 e. The summed E-state index contributed by atoms with van der Waals surface area (Å²) in [7, 11) is 0. The molecule has 28 heavy (non-hydrogen) atoms. The van der Waals surface area contributed by atoms with Crippen molar-refractivity contribution in [3.05, 3.63) is 69.6 Å². The Labute approximate surface area is 169 Å². The van der Waals surface area contributed by atoms with Crippen LogP contribution in [0.1, 0.15) is 41.6 Å². The summed E-state index contributed by atoms with van der Waals surface area (Å²) in [6.45, 7) is 7.50. The number of halogens is 2. The highest BCUT2D eigenvalue weighted by molar-refractivity contribution is 6.30. The van der Waals surface area contributed by atoms with Crippen molar-refractivity contribution in [3.63, 3.8) is 0 Å². The quantitative estimate of drug-likeness (QED) is 0.676. The lowest BCUT2D eigenvalue weighted by Gasteiger charge is -2.29. The molecule has 3 heterocycles. The fourth-order valence-corrected chi connectivity index (χ4v) is 5.19. The van der Waals surface area contributed by atoms with Crippen LogP contribution < -0.4 is 0 Å². The SMILES string of the molecule is Cc1ccc2c(c1)c1c(n2CC(C)(O)c2ccc(F)c(Cl)c2)CN2CCC1C2. The molecule has 2 aliphatic rings. The van der Waals surface area contributed by atoms with E-state index in [4.69, 9.17) is 11.6 Å². The molecular formula is C23H24ClFN2O. The maximum absolute atomic E-state index is 13.6. The zero-order valence-corrected chi connectivity index (χ0v) is 16.9. The number of rotatable bonds is 3. The zero-order valence-electron chi connectivity index (χ0n) is 16.2. The van der Waals surface area contributed by atoms with Crippen LogP contribution in [-0.2, 0) is 18.7 Å². The smallest absolute Gasteiger partial charge is 0.141 e. The molecule has 5 heteroatoms. The minimum atomic E-state index is -1.16. The Hall–Kier alpha value is -1.88. The molecule has 1 fully saturated rings. The summed E-state index contributed by atoms with van der Waals surface area (Å²) in [5.41, 5.74) is 4.65. The van der Waals surface area contributed by atoms with Crippen molar-refractivity contribution < 1.29 is 9.50 Å². The molecule has 1 aromatic heterocycles. The first-order chi connectivity index (χ1) is 13.3. The van der Waals surface area contributed by atoms with Crippen LogP contribution in [0.15, 0.2) is 36.4 Å². The summed E-state index contributed by atoms with van der Waals surface area (Å²) in [6.07, 6.45) is 1.20. The highest BCUT2D eigenvalue weighted by Crippen LogP contribution is 2.43. The standard InChI is InChI=1S/C23H24ClFN2O/c1-14-3-6-20-17(9-14)22-15-7-8-26(11-15)12-21(22)27(20)13-23(2,28)16-4-5-19(25)18(24)10-16/h3-6,9-10,15,28H,7-8,11-13H2,1-2H3. The van der Waals surface area contributed by atoms with E-state index in [1.165, 1.54) is 40.8 Å². The van der Waals surface area contributed by atoms with Gasteiger partial charge in [0.05, 0.1) is 11.6 Å². The Kier molecular flexibility index (Phi) is 4.10. The van der Waals surface area contributed by atoms with Crippen molar-refractivity contribution in [2.24, 2.45) is 0 Å². The lowest BCUT2D eigenvalue weighted by atomic mass is 9.93.